The van der Waals surface area contributed by atoms with E-state index in [-0.39, 0.29) is 12.8 Å². The van der Waals surface area contributed by atoms with Gasteiger partial charge in [0.25, 0.3) is 0 Å². The zero-order chi connectivity index (χ0) is 27.2. The average molecular weight is 511 g/mol. The first-order valence-electron chi connectivity index (χ1n) is 13.4. The molecule has 4 nitrogen and oxygen atoms in total. The number of aryl methyl sites for hydroxylation is 2. The molecule has 0 bridgehead atoms. The smallest absolute Gasteiger partial charge is 0.330 e. The molecule has 0 heterocycles. The van der Waals surface area contributed by atoms with E-state index in [1.807, 2.05) is 24.3 Å². The van der Waals surface area contributed by atoms with Gasteiger partial charge >= 0.3 is 5.97 Å². The Hall–Kier alpha value is -3.73. The molecular weight excluding hydrogens is 472 g/mol. The molecule has 0 saturated heterocycles. The standard InChI is InChI=1S/C34H38O4/c1-5-31-21-30(18-13-26-11-16-29(17-12-26)24-38-34(35)7-3)22-32(6-2)33(31)20-19-27-9-14-28(15-10-27)23-37-25-36-8-4/h7-10,14-15,21-22,26,29H,3-6,11-12,16-17,23-25H2,1-2H3. The molecule has 1 saturated carbocycles. The maximum atomic E-state index is 11.3. The van der Waals surface area contributed by atoms with Crippen molar-refractivity contribution in [2.24, 2.45) is 11.8 Å². The van der Waals surface area contributed by atoms with Crippen LogP contribution in [0.15, 0.2) is 61.9 Å². The lowest BCUT2D eigenvalue weighted by molar-refractivity contribution is -0.139. The minimum atomic E-state index is -0.340. The minimum Gasteiger partial charge on any atom is -0.476 e. The van der Waals surface area contributed by atoms with Gasteiger partial charge in [0, 0.05) is 28.7 Å². The molecule has 0 unspecified atom stereocenters. The van der Waals surface area contributed by atoms with E-state index in [1.165, 1.54) is 23.5 Å². The van der Waals surface area contributed by atoms with Crippen LogP contribution in [0, 0.1) is 35.5 Å². The number of rotatable bonds is 10. The highest BCUT2D eigenvalue weighted by Crippen LogP contribution is 2.29. The number of benzene rings is 2. The summed E-state index contributed by atoms with van der Waals surface area (Å²) < 4.78 is 15.6. The van der Waals surface area contributed by atoms with Crippen molar-refractivity contribution in [1.29, 1.82) is 0 Å². The molecule has 198 valence electrons. The zero-order valence-electron chi connectivity index (χ0n) is 22.7. The fraction of sp³-hybridized carbons (Fsp3) is 0.382. The molecule has 0 aromatic heterocycles. The second-order valence-electron chi connectivity index (χ2n) is 9.44. The summed E-state index contributed by atoms with van der Waals surface area (Å²) in [6.07, 6.45) is 8.57. The van der Waals surface area contributed by atoms with Gasteiger partial charge in [0.15, 0.2) is 6.79 Å². The lowest BCUT2D eigenvalue weighted by Crippen LogP contribution is -2.19. The molecule has 3 rings (SSSR count). The van der Waals surface area contributed by atoms with Crippen LogP contribution in [0.3, 0.4) is 0 Å². The fourth-order valence-electron chi connectivity index (χ4n) is 4.55. The second kappa shape index (κ2) is 15.5. The average Bonchev–Trinajstić information content (AvgIpc) is 2.96. The van der Waals surface area contributed by atoms with Crippen molar-refractivity contribution in [3.63, 3.8) is 0 Å². The predicted octanol–water partition coefficient (Wildman–Crippen LogP) is 6.73. The number of carbonyl (C=O) groups excluding carboxylic acids is 1. The van der Waals surface area contributed by atoms with Crippen LogP contribution < -0.4 is 0 Å². The van der Waals surface area contributed by atoms with Crippen LogP contribution in [0.5, 0.6) is 0 Å². The van der Waals surface area contributed by atoms with Gasteiger partial charge in [0.05, 0.1) is 19.5 Å². The highest BCUT2D eigenvalue weighted by atomic mass is 16.7. The Morgan fingerprint density at radius 3 is 2.24 bits per heavy atom. The van der Waals surface area contributed by atoms with E-state index in [1.54, 1.807) is 0 Å². The maximum Gasteiger partial charge on any atom is 0.330 e. The molecule has 0 aliphatic heterocycles. The van der Waals surface area contributed by atoms with E-state index >= 15 is 0 Å². The third kappa shape index (κ3) is 8.98. The van der Waals surface area contributed by atoms with Crippen LogP contribution in [0.2, 0.25) is 0 Å². The predicted molar refractivity (Wildman–Crippen MR) is 152 cm³/mol. The molecule has 1 aliphatic rings. The SMILES string of the molecule is C=COCOCc1ccc(C#Cc2c(CC)cc(C#CC3CCC(COC(=O)C=C)CC3)cc2CC)cc1. The van der Waals surface area contributed by atoms with E-state index in [0.29, 0.717) is 25.0 Å². The van der Waals surface area contributed by atoms with Gasteiger partial charge in [-0.3, -0.25) is 0 Å². The number of hydrogen-bond acceptors (Lipinski definition) is 4. The van der Waals surface area contributed by atoms with Crippen molar-refractivity contribution in [2.75, 3.05) is 13.4 Å². The summed E-state index contributed by atoms with van der Waals surface area (Å²) in [7, 11) is 0. The van der Waals surface area contributed by atoms with Crippen molar-refractivity contribution in [3.05, 3.63) is 95.3 Å². The summed E-state index contributed by atoms with van der Waals surface area (Å²) in [6.45, 7) is 12.4. The van der Waals surface area contributed by atoms with Gasteiger partial charge in [0.2, 0.25) is 0 Å². The summed E-state index contributed by atoms with van der Waals surface area (Å²) >= 11 is 0. The molecule has 0 N–H and O–H groups in total. The Bertz CT molecular complexity index is 1180. The molecule has 0 radical (unpaired) electrons. The molecule has 0 amide bonds. The largest absolute Gasteiger partial charge is 0.476 e. The first kappa shape index (κ1) is 28.8. The Labute approximate surface area is 228 Å². The van der Waals surface area contributed by atoms with Crippen molar-refractivity contribution < 1.29 is 19.0 Å². The Kier molecular flexibility index (Phi) is 11.8. The lowest BCUT2D eigenvalue weighted by Gasteiger charge is -2.25. The van der Waals surface area contributed by atoms with E-state index < -0.39 is 0 Å². The van der Waals surface area contributed by atoms with E-state index in [9.17, 15) is 4.79 Å². The summed E-state index contributed by atoms with van der Waals surface area (Å²) in [4.78, 5) is 11.3. The van der Waals surface area contributed by atoms with E-state index in [4.69, 9.17) is 14.2 Å². The quantitative estimate of drug-likeness (QED) is 0.0888. The molecular formula is C34H38O4. The van der Waals surface area contributed by atoms with Crippen molar-refractivity contribution >= 4 is 5.97 Å². The van der Waals surface area contributed by atoms with Gasteiger partial charge in [-0.05, 0) is 85.4 Å². The maximum absolute atomic E-state index is 11.3. The molecule has 0 spiro atoms. The van der Waals surface area contributed by atoms with Crippen molar-refractivity contribution in [3.8, 4) is 23.7 Å². The normalized spacial score (nSPS) is 16.3. The van der Waals surface area contributed by atoms with Crippen LogP contribution in [0.1, 0.15) is 72.9 Å². The summed E-state index contributed by atoms with van der Waals surface area (Å²) in [5.41, 5.74) is 6.70. The second-order valence-corrected chi connectivity index (χ2v) is 9.44. The summed E-state index contributed by atoms with van der Waals surface area (Å²) in [6, 6.07) is 12.5. The van der Waals surface area contributed by atoms with E-state index in [2.05, 4.69) is 62.8 Å². The number of hydrogen-bond donors (Lipinski definition) is 0. The van der Waals surface area contributed by atoms with Gasteiger partial charge in [-0.1, -0.05) is 62.8 Å². The first-order valence-corrected chi connectivity index (χ1v) is 13.4. The van der Waals surface area contributed by atoms with Crippen molar-refractivity contribution in [2.45, 2.75) is 59.0 Å². The zero-order valence-corrected chi connectivity index (χ0v) is 22.7. The number of ether oxygens (including phenoxy) is 3. The Morgan fingerprint density at radius 1 is 0.947 bits per heavy atom. The molecule has 2 aromatic rings. The highest BCUT2D eigenvalue weighted by Gasteiger charge is 2.21. The van der Waals surface area contributed by atoms with Gasteiger partial charge in [0.1, 0.15) is 0 Å². The van der Waals surface area contributed by atoms with Crippen LogP contribution in [-0.4, -0.2) is 19.4 Å². The first-order chi connectivity index (χ1) is 18.6. The minimum absolute atomic E-state index is 0.196. The highest BCUT2D eigenvalue weighted by molar-refractivity contribution is 5.81. The topological polar surface area (TPSA) is 44.8 Å². The van der Waals surface area contributed by atoms with Crippen LogP contribution in [-0.2, 0) is 38.5 Å². The molecule has 4 heteroatoms. The van der Waals surface area contributed by atoms with Gasteiger partial charge in [-0.15, -0.1) is 0 Å². The third-order valence-corrected chi connectivity index (χ3v) is 6.78. The molecule has 2 aromatic carbocycles. The summed E-state index contributed by atoms with van der Waals surface area (Å²) in [5, 5.41) is 0. The van der Waals surface area contributed by atoms with E-state index in [0.717, 1.165) is 60.8 Å². The lowest BCUT2D eigenvalue weighted by atomic mass is 9.82. The van der Waals surface area contributed by atoms with Crippen LogP contribution in [0.25, 0.3) is 0 Å². The van der Waals surface area contributed by atoms with Gasteiger partial charge < -0.3 is 14.2 Å². The van der Waals surface area contributed by atoms with Gasteiger partial charge in [-0.25, -0.2) is 4.79 Å². The number of carbonyl (C=O) groups is 1. The van der Waals surface area contributed by atoms with Crippen LogP contribution >= 0.6 is 0 Å². The Morgan fingerprint density at radius 2 is 1.63 bits per heavy atom. The monoisotopic (exact) mass is 510 g/mol. The number of esters is 1. The molecule has 1 fully saturated rings. The Balaban J connectivity index is 1.65. The van der Waals surface area contributed by atoms with Crippen molar-refractivity contribution in [1.82, 2.24) is 0 Å². The summed E-state index contributed by atoms with van der Waals surface area (Å²) in [5.74, 6) is 14.2. The van der Waals surface area contributed by atoms with Gasteiger partial charge in [-0.2, -0.15) is 0 Å². The molecule has 38 heavy (non-hydrogen) atoms. The molecule has 1 aliphatic carbocycles. The molecule has 0 atom stereocenters. The van der Waals surface area contributed by atoms with Crippen LogP contribution in [0.4, 0.5) is 0 Å². The third-order valence-electron chi connectivity index (χ3n) is 6.78. The fourth-order valence-corrected chi connectivity index (χ4v) is 4.55.